The summed E-state index contributed by atoms with van der Waals surface area (Å²) in [6.45, 7) is 1.51. The summed E-state index contributed by atoms with van der Waals surface area (Å²) in [5.74, 6) is -0.100. The van der Waals surface area contributed by atoms with Crippen LogP contribution in [0.25, 0.3) is 15.9 Å². The number of rotatable bonds is 10. The van der Waals surface area contributed by atoms with E-state index in [0.29, 0.717) is 54.7 Å². The number of amides is 1. The van der Waals surface area contributed by atoms with Gasteiger partial charge in [-0.2, -0.15) is 5.10 Å². The van der Waals surface area contributed by atoms with Crippen molar-refractivity contribution in [1.82, 2.24) is 19.7 Å². The molecule has 4 heterocycles. The number of hydrogen-bond acceptors (Lipinski definition) is 8. The van der Waals surface area contributed by atoms with Gasteiger partial charge in [0, 0.05) is 31.3 Å². The van der Waals surface area contributed by atoms with Gasteiger partial charge >= 0.3 is 5.97 Å². The number of carboxylic acids is 1. The third-order valence-corrected chi connectivity index (χ3v) is 9.79. The Hall–Kier alpha value is -6.33. The molecule has 10 nitrogen and oxygen atoms in total. The van der Waals surface area contributed by atoms with E-state index in [2.05, 4.69) is 15.3 Å². The quantitative estimate of drug-likeness (QED) is 0.151. The lowest BCUT2D eigenvalue weighted by Gasteiger charge is -2.31. The van der Waals surface area contributed by atoms with Gasteiger partial charge in [0.05, 0.1) is 21.6 Å². The molecule has 3 aromatic heterocycles. The number of nitrogens with zero attached hydrogens (tertiary/aromatic N) is 5. The molecule has 8 rings (SSSR count). The van der Waals surface area contributed by atoms with Crippen molar-refractivity contribution in [3.8, 4) is 11.4 Å². The molecule has 0 spiro atoms. The number of ether oxygens (including phenoxy) is 1. The number of carboxylic acid groups (broad SMARTS) is 1. The predicted molar refractivity (Wildman–Crippen MR) is 197 cm³/mol. The van der Waals surface area contributed by atoms with Crippen molar-refractivity contribution in [2.45, 2.75) is 26.0 Å². The average Bonchev–Trinajstić information content (AvgIpc) is 3.80. The Morgan fingerprint density at radius 3 is 2.55 bits per heavy atom. The fourth-order valence-corrected chi connectivity index (χ4v) is 7.19. The van der Waals surface area contributed by atoms with E-state index in [0.717, 1.165) is 43.9 Å². The number of para-hydroxylation sites is 1. The van der Waals surface area contributed by atoms with E-state index < -0.39 is 5.97 Å². The molecule has 51 heavy (non-hydrogen) atoms. The smallest absolute Gasteiger partial charge is 0.356 e. The Kier molecular flexibility index (Phi) is 8.69. The number of hydrogen-bond donors (Lipinski definition) is 2. The second-order valence-corrected chi connectivity index (χ2v) is 13.3. The molecule has 1 aliphatic heterocycles. The van der Waals surface area contributed by atoms with Gasteiger partial charge in [-0.3, -0.25) is 10.1 Å². The first-order valence-corrected chi connectivity index (χ1v) is 17.4. The molecular formula is C40H32N6O4S. The minimum atomic E-state index is -1.15. The van der Waals surface area contributed by atoms with Gasteiger partial charge < -0.3 is 14.7 Å². The van der Waals surface area contributed by atoms with Gasteiger partial charge in [-0.05, 0) is 77.2 Å². The number of fused-ring (bicyclic) bond motifs is 2. The summed E-state index contributed by atoms with van der Waals surface area (Å²) in [5, 5.41) is 18.4. The Balaban J connectivity index is 0.983. The predicted octanol–water partition coefficient (Wildman–Crippen LogP) is 7.56. The van der Waals surface area contributed by atoms with Crippen LogP contribution in [0.15, 0.2) is 121 Å². The number of pyridine rings is 1. The number of thiazole rings is 1. The molecule has 7 aromatic rings. The van der Waals surface area contributed by atoms with E-state index in [-0.39, 0.29) is 11.6 Å². The van der Waals surface area contributed by atoms with E-state index in [4.69, 9.17) is 9.84 Å². The van der Waals surface area contributed by atoms with Crippen LogP contribution in [0.2, 0.25) is 0 Å². The second-order valence-electron chi connectivity index (χ2n) is 12.2. The fraction of sp³-hybridized carbons (Fsp3) is 0.125. The van der Waals surface area contributed by atoms with E-state index >= 15 is 0 Å². The maximum absolute atomic E-state index is 13.5. The van der Waals surface area contributed by atoms with Crippen molar-refractivity contribution in [1.29, 1.82) is 0 Å². The zero-order valence-corrected chi connectivity index (χ0v) is 28.2. The van der Waals surface area contributed by atoms with Crippen molar-refractivity contribution < 1.29 is 19.4 Å². The van der Waals surface area contributed by atoms with Crippen molar-refractivity contribution in [2.75, 3.05) is 16.8 Å². The number of benzene rings is 4. The Labute approximate surface area is 297 Å². The van der Waals surface area contributed by atoms with Gasteiger partial charge in [0.25, 0.3) is 5.91 Å². The molecule has 0 fully saturated rings. The molecular weight excluding hydrogens is 661 g/mol. The molecule has 252 valence electrons. The molecule has 0 saturated heterocycles. The van der Waals surface area contributed by atoms with E-state index in [1.165, 1.54) is 11.3 Å². The zero-order chi connectivity index (χ0) is 34.7. The normalized spacial score (nSPS) is 12.4. The average molecular weight is 693 g/mol. The molecule has 2 N–H and O–H groups in total. The van der Waals surface area contributed by atoms with Crippen LogP contribution in [0.1, 0.15) is 48.8 Å². The first kappa shape index (κ1) is 31.9. The van der Waals surface area contributed by atoms with Crippen molar-refractivity contribution in [3.63, 3.8) is 0 Å². The number of aromatic carboxylic acids is 1. The number of carbonyl (C=O) groups excluding carboxylic acids is 1. The standard InChI is InChI=1S/C40H32N6O4S/c47-38(43-40-41-33-14-4-5-15-35(33)51-40)31-13-7-11-28-18-20-45(24-32(28)31)36-17-16-34(37(42-36)39(48)49)46-21-19-29(44-46)22-27-10-6-12-30(23-27)50-25-26-8-2-1-3-9-26/h1-17,19,21,23H,18,20,22,24-25H2,(H,48,49)(H,41,43,47). The van der Waals surface area contributed by atoms with E-state index in [1.54, 1.807) is 16.9 Å². The summed E-state index contributed by atoms with van der Waals surface area (Å²) in [7, 11) is 0. The highest BCUT2D eigenvalue weighted by atomic mass is 32.1. The molecule has 1 amide bonds. The first-order chi connectivity index (χ1) is 25.0. The summed E-state index contributed by atoms with van der Waals surface area (Å²) in [4.78, 5) is 37.2. The maximum atomic E-state index is 13.5. The van der Waals surface area contributed by atoms with Crippen molar-refractivity contribution in [2.24, 2.45) is 0 Å². The van der Waals surface area contributed by atoms with Gasteiger partial charge in [-0.15, -0.1) is 0 Å². The van der Waals surface area contributed by atoms with Crippen LogP contribution in [0.4, 0.5) is 10.9 Å². The summed E-state index contributed by atoms with van der Waals surface area (Å²) in [6, 6.07) is 36.8. The largest absolute Gasteiger partial charge is 0.489 e. The van der Waals surface area contributed by atoms with Crippen LogP contribution >= 0.6 is 11.3 Å². The number of anilines is 2. The molecule has 11 heteroatoms. The second kappa shape index (κ2) is 13.9. The first-order valence-electron chi connectivity index (χ1n) is 16.5. The van der Waals surface area contributed by atoms with Gasteiger partial charge in [0.2, 0.25) is 0 Å². The Morgan fingerprint density at radius 2 is 1.69 bits per heavy atom. The van der Waals surface area contributed by atoms with Crippen molar-refractivity contribution in [3.05, 3.63) is 161 Å². The lowest BCUT2D eigenvalue weighted by Crippen LogP contribution is -2.33. The number of aromatic nitrogens is 4. The highest BCUT2D eigenvalue weighted by Gasteiger charge is 2.25. The van der Waals surface area contributed by atoms with Gasteiger partial charge in [0.1, 0.15) is 18.2 Å². The maximum Gasteiger partial charge on any atom is 0.356 e. The summed E-state index contributed by atoms with van der Waals surface area (Å²) < 4.78 is 8.55. The highest BCUT2D eigenvalue weighted by Crippen LogP contribution is 2.30. The zero-order valence-electron chi connectivity index (χ0n) is 27.4. The third kappa shape index (κ3) is 6.92. The van der Waals surface area contributed by atoms with E-state index in [9.17, 15) is 14.7 Å². The van der Waals surface area contributed by atoms with Crippen LogP contribution in [0.5, 0.6) is 5.75 Å². The Bertz CT molecular complexity index is 2360. The van der Waals surface area contributed by atoms with Gasteiger partial charge in [0.15, 0.2) is 10.8 Å². The summed E-state index contributed by atoms with van der Waals surface area (Å²) >= 11 is 1.43. The lowest BCUT2D eigenvalue weighted by atomic mass is 9.94. The van der Waals surface area contributed by atoms with Gasteiger partial charge in [-0.1, -0.05) is 78.1 Å². The van der Waals surface area contributed by atoms with Crippen LogP contribution in [0.3, 0.4) is 0 Å². The van der Waals surface area contributed by atoms with E-state index in [1.807, 2.05) is 114 Å². The molecule has 0 saturated carbocycles. The van der Waals surface area contributed by atoms with Crippen molar-refractivity contribution >= 4 is 44.4 Å². The fourth-order valence-electron chi connectivity index (χ4n) is 6.32. The Morgan fingerprint density at radius 1 is 0.863 bits per heavy atom. The highest BCUT2D eigenvalue weighted by molar-refractivity contribution is 7.22. The molecule has 4 aromatic carbocycles. The molecule has 1 aliphatic rings. The number of nitrogens with one attached hydrogen (secondary N) is 1. The monoisotopic (exact) mass is 692 g/mol. The SMILES string of the molecule is O=C(Nc1nc2ccccc2s1)c1cccc2c1CN(c1ccc(-n3ccc(Cc4cccc(OCc5ccccc5)c4)n3)c(C(=O)O)n1)CC2. The summed E-state index contributed by atoms with van der Waals surface area (Å²) in [5.41, 5.74) is 6.52. The third-order valence-electron chi connectivity index (χ3n) is 8.84. The lowest BCUT2D eigenvalue weighted by molar-refractivity contribution is 0.0690. The molecule has 0 atom stereocenters. The van der Waals surface area contributed by atoms with Crippen LogP contribution in [0, 0.1) is 0 Å². The molecule has 0 bridgehead atoms. The minimum Gasteiger partial charge on any atom is -0.489 e. The van der Waals surface area contributed by atoms with Crippen LogP contribution in [-0.2, 0) is 26.0 Å². The minimum absolute atomic E-state index is 0.105. The topological polar surface area (TPSA) is 122 Å². The molecule has 0 aliphatic carbocycles. The number of carbonyl (C=O) groups is 2. The molecule has 0 radical (unpaired) electrons. The van der Waals surface area contributed by atoms with Crippen LogP contribution in [-0.4, -0.2) is 43.3 Å². The van der Waals surface area contributed by atoms with Crippen LogP contribution < -0.4 is 15.0 Å². The summed E-state index contributed by atoms with van der Waals surface area (Å²) in [6.07, 6.45) is 2.98. The van der Waals surface area contributed by atoms with Gasteiger partial charge in [-0.25, -0.2) is 19.4 Å². The molecule has 0 unspecified atom stereocenters.